The Morgan fingerprint density at radius 1 is 0.930 bits per heavy atom. The summed E-state index contributed by atoms with van der Waals surface area (Å²) in [4.78, 5) is 27.8. The fraction of sp³-hybridized carbons (Fsp3) is 0.152. The first-order valence-electron chi connectivity index (χ1n) is 13.4. The highest BCUT2D eigenvalue weighted by Gasteiger charge is 2.38. The van der Waals surface area contributed by atoms with Gasteiger partial charge >= 0.3 is 5.97 Å². The van der Waals surface area contributed by atoms with Crippen molar-refractivity contribution in [1.82, 2.24) is 4.31 Å². The highest BCUT2D eigenvalue weighted by molar-refractivity contribution is 7.89. The Balaban J connectivity index is 1.49. The van der Waals surface area contributed by atoms with E-state index in [9.17, 15) is 18.0 Å². The fourth-order valence-corrected chi connectivity index (χ4v) is 6.35. The van der Waals surface area contributed by atoms with Crippen molar-refractivity contribution in [2.45, 2.75) is 31.8 Å². The number of ether oxygens (including phenoxy) is 1. The third kappa shape index (κ3) is 6.34. The molecule has 0 saturated carbocycles. The smallest absolute Gasteiger partial charge is 0.343 e. The van der Waals surface area contributed by atoms with Crippen LogP contribution in [-0.4, -0.2) is 31.6 Å². The van der Waals surface area contributed by atoms with Crippen LogP contribution >= 0.6 is 11.6 Å². The van der Waals surface area contributed by atoms with Gasteiger partial charge in [0, 0.05) is 29.0 Å². The number of nitrogens with zero attached hydrogens (tertiary/aromatic N) is 2. The molecule has 43 heavy (non-hydrogen) atoms. The van der Waals surface area contributed by atoms with Crippen LogP contribution in [0.15, 0.2) is 117 Å². The number of Topliss-reactive ketones (excluding diaryl/α,β-unsaturated/α-hetero) is 1. The average molecular weight is 617 g/mol. The van der Waals surface area contributed by atoms with E-state index in [1.54, 1.807) is 84.6 Å². The highest BCUT2D eigenvalue weighted by Crippen LogP contribution is 2.36. The number of halogens is 1. The van der Waals surface area contributed by atoms with Gasteiger partial charge in [-0.25, -0.2) is 13.2 Å². The molecule has 0 unspecified atom stereocenters. The zero-order valence-electron chi connectivity index (χ0n) is 23.8. The molecule has 0 aliphatic carbocycles. The minimum absolute atomic E-state index is 0.0656. The molecule has 0 radical (unpaired) electrons. The van der Waals surface area contributed by atoms with Crippen LogP contribution in [0.5, 0.6) is 0 Å². The number of benzene rings is 3. The lowest BCUT2D eigenvalue weighted by Gasteiger charge is -2.22. The number of furan rings is 1. The second-order valence-corrected chi connectivity index (χ2v) is 12.4. The predicted molar refractivity (Wildman–Crippen MR) is 164 cm³/mol. The Morgan fingerprint density at radius 2 is 1.60 bits per heavy atom. The number of rotatable bonds is 9. The molecule has 5 rings (SSSR count). The largest absolute Gasteiger partial charge is 0.465 e. The number of aryl methyl sites for hydroxylation is 1. The van der Waals surface area contributed by atoms with E-state index in [0.717, 1.165) is 11.1 Å². The molecular weight excluding hydrogens is 588 g/mol. The van der Waals surface area contributed by atoms with Gasteiger partial charge in [-0.1, -0.05) is 59.6 Å². The number of carbonyl (C=O) groups is 2. The van der Waals surface area contributed by atoms with Gasteiger partial charge in [-0.2, -0.15) is 4.31 Å². The molecule has 1 aliphatic heterocycles. The molecular formula is C33H29ClN2O6S. The Hall–Kier alpha value is -4.44. The van der Waals surface area contributed by atoms with Crippen LogP contribution in [-0.2, 0) is 37.4 Å². The SMILES string of the molecule is COC(=O)C1=C(C)N(c2ccc(C)cc2)/C(=C/c2ccc(CN(Cc3ccc(Cl)cc3)S(=O)(=O)c3ccccc3)o2)C1=O. The van der Waals surface area contributed by atoms with Crippen molar-refractivity contribution in [1.29, 1.82) is 0 Å². The minimum Gasteiger partial charge on any atom is -0.465 e. The number of allylic oxidation sites excluding steroid dienone is 2. The third-order valence-corrected chi connectivity index (χ3v) is 9.08. The summed E-state index contributed by atoms with van der Waals surface area (Å²) in [6, 6.07) is 26.0. The molecule has 0 fully saturated rings. The van der Waals surface area contributed by atoms with E-state index in [4.69, 9.17) is 20.8 Å². The number of anilines is 1. The first kappa shape index (κ1) is 30.0. The molecule has 0 N–H and O–H groups in total. The van der Waals surface area contributed by atoms with E-state index < -0.39 is 21.8 Å². The van der Waals surface area contributed by atoms with Crippen LogP contribution < -0.4 is 4.90 Å². The van der Waals surface area contributed by atoms with Crippen molar-refractivity contribution in [2.75, 3.05) is 12.0 Å². The molecule has 1 aliphatic rings. The second kappa shape index (κ2) is 12.4. The minimum atomic E-state index is -3.90. The number of methoxy groups -OCH3 is 1. The van der Waals surface area contributed by atoms with Crippen LogP contribution in [0.4, 0.5) is 5.69 Å². The summed E-state index contributed by atoms with van der Waals surface area (Å²) < 4.78 is 39.6. The molecule has 0 bridgehead atoms. The zero-order chi connectivity index (χ0) is 30.7. The summed E-state index contributed by atoms with van der Waals surface area (Å²) in [5.74, 6) is -0.547. The number of carbonyl (C=O) groups excluding carboxylic acids is 2. The second-order valence-electron chi connectivity index (χ2n) is 10.00. The summed E-state index contributed by atoms with van der Waals surface area (Å²) in [7, 11) is -2.67. The molecule has 0 saturated heterocycles. The number of ketones is 1. The number of sulfonamides is 1. The molecule has 0 atom stereocenters. The van der Waals surface area contributed by atoms with Gasteiger partial charge in [-0.15, -0.1) is 0 Å². The van der Waals surface area contributed by atoms with E-state index in [1.165, 1.54) is 11.4 Å². The van der Waals surface area contributed by atoms with Crippen molar-refractivity contribution >= 4 is 45.1 Å². The monoisotopic (exact) mass is 616 g/mol. The van der Waals surface area contributed by atoms with Crippen molar-refractivity contribution in [2.24, 2.45) is 0 Å². The van der Waals surface area contributed by atoms with E-state index in [2.05, 4.69) is 0 Å². The quantitative estimate of drug-likeness (QED) is 0.120. The molecule has 0 spiro atoms. The number of hydrogen-bond donors (Lipinski definition) is 0. The van der Waals surface area contributed by atoms with Gasteiger partial charge < -0.3 is 14.1 Å². The standard InChI is InChI=1S/C33H29ClN2O6S/c1-22-9-15-26(16-10-22)36-23(2)31(33(38)41-3)32(37)30(36)19-27-17-18-28(42-27)21-35(20-24-11-13-25(34)14-12-24)43(39,40)29-7-5-4-6-8-29/h4-19H,20-21H2,1-3H3/b30-19+. The zero-order valence-corrected chi connectivity index (χ0v) is 25.4. The summed E-state index contributed by atoms with van der Waals surface area (Å²) in [6.45, 7) is 3.65. The molecule has 220 valence electrons. The number of esters is 1. The van der Waals surface area contributed by atoms with Gasteiger partial charge in [0.25, 0.3) is 0 Å². The topological polar surface area (TPSA) is 97.1 Å². The van der Waals surface area contributed by atoms with Crippen molar-refractivity contribution in [3.8, 4) is 0 Å². The van der Waals surface area contributed by atoms with Crippen LogP contribution in [0.1, 0.15) is 29.6 Å². The molecule has 1 aromatic heterocycles. The van der Waals surface area contributed by atoms with Gasteiger partial charge in [-0.05, 0) is 67.9 Å². The molecule has 0 amide bonds. The predicted octanol–water partition coefficient (Wildman–Crippen LogP) is 6.51. The van der Waals surface area contributed by atoms with Gasteiger partial charge in [-0.3, -0.25) is 4.79 Å². The van der Waals surface area contributed by atoms with Gasteiger partial charge in [0.05, 0.1) is 24.2 Å². The lowest BCUT2D eigenvalue weighted by Crippen LogP contribution is -2.30. The first-order chi connectivity index (χ1) is 20.6. The van der Waals surface area contributed by atoms with E-state index in [1.807, 2.05) is 31.2 Å². The van der Waals surface area contributed by atoms with E-state index >= 15 is 0 Å². The normalized spacial score (nSPS) is 14.7. The Bertz CT molecular complexity index is 1830. The third-order valence-electron chi connectivity index (χ3n) is 7.03. The molecule has 10 heteroatoms. The summed E-state index contributed by atoms with van der Waals surface area (Å²) in [5.41, 5.74) is 3.05. The van der Waals surface area contributed by atoms with Gasteiger partial charge in [0.1, 0.15) is 17.1 Å². The molecule has 4 aromatic rings. The maximum Gasteiger partial charge on any atom is 0.343 e. The lowest BCUT2D eigenvalue weighted by molar-refractivity contribution is -0.137. The van der Waals surface area contributed by atoms with Gasteiger partial charge in [0.15, 0.2) is 0 Å². The summed E-state index contributed by atoms with van der Waals surface area (Å²) >= 11 is 6.04. The lowest BCUT2D eigenvalue weighted by atomic mass is 10.1. The van der Waals surface area contributed by atoms with Crippen LogP contribution in [0.25, 0.3) is 6.08 Å². The first-order valence-corrected chi connectivity index (χ1v) is 15.2. The van der Waals surface area contributed by atoms with Crippen LogP contribution in [0.3, 0.4) is 0 Å². The average Bonchev–Trinajstić information content (AvgIpc) is 3.55. The van der Waals surface area contributed by atoms with Crippen molar-refractivity contribution < 1.29 is 27.2 Å². The maximum atomic E-state index is 13.7. The van der Waals surface area contributed by atoms with E-state index in [-0.39, 0.29) is 29.3 Å². The summed E-state index contributed by atoms with van der Waals surface area (Å²) in [6.07, 6.45) is 1.54. The summed E-state index contributed by atoms with van der Waals surface area (Å²) in [5, 5.41) is 0.547. The Labute approximate surface area is 255 Å². The number of hydrogen-bond acceptors (Lipinski definition) is 7. The molecule has 2 heterocycles. The molecule has 8 nitrogen and oxygen atoms in total. The Kier molecular flexibility index (Phi) is 8.68. The van der Waals surface area contributed by atoms with Crippen molar-refractivity contribution in [3.05, 3.63) is 136 Å². The van der Waals surface area contributed by atoms with Gasteiger partial charge in [0.2, 0.25) is 15.8 Å². The van der Waals surface area contributed by atoms with E-state index in [0.29, 0.717) is 27.9 Å². The fourth-order valence-electron chi connectivity index (χ4n) is 4.81. The highest BCUT2D eigenvalue weighted by atomic mass is 35.5. The molecule has 3 aromatic carbocycles. The van der Waals surface area contributed by atoms with Crippen LogP contribution in [0.2, 0.25) is 5.02 Å². The maximum absolute atomic E-state index is 13.7. The van der Waals surface area contributed by atoms with Crippen molar-refractivity contribution in [3.63, 3.8) is 0 Å². The van der Waals surface area contributed by atoms with Crippen LogP contribution in [0, 0.1) is 6.92 Å². The Morgan fingerprint density at radius 3 is 2.26 bits per heavy atom.